The van der Waals surface area contributed by atoms with Crippen LogP contribution in [-0.2, 0) is 17.6 Å². The van der Waals surface area contributed by atoms with Crippen LogP contribution in [0.3, 0.4) is 0 Å². The molecule has 1 aliphatic rings. The molecule has 1 atom stereocenters. The summed E-state index contributed by atoms with van der Waals surface area (Å²) in [5.41, 5.74) is 5.98. The van der Waals surface area contributed by atoms with Gasteiger partial charge in [0, 0.05) is 24.5 Å². The summed E-state index contributed by atoms with van der Waals surface area (Å²) in [6.45, 7) is 25.0. The Kier molecular flexibility index (Phi) is 20.2. The average Bonchev–Trinajstić information content (AvgIpc) is 3.30. The largest absolute Gasteiger partial charge is 0.455 e. The quantitative estimate of drug-likeness (QED) is 0.115. The van der Waals surface area contributed by atoms with Crippen LogP contribution in [0.4, 0.5) is 17.3 Å². The van der Waals surface area contributed by atoms with Crippen LogP contribution >= 0.6 is 0 Å². The molecule has 5 rings (SSSR count). The van der Waals surface area contributed by atoms with E-state index < -0.39 is 0 Å². The molecule has 0 bridgehead atoms. The lowest BCUT2D eigenvalue weighted by Crippen LogP contribution is -2.29. The van der Waals surface area contributed by atoms with Crippen molar-refractivity contribution >= 4 is 34.1 Å². The van der Waals surface area contributed by atoms with Crippen LogP contribution in [-0.4, -0.2) is 38.8 Å². The first kappa shape index (κ1) is 43.8. The van der Waals surface area contributed by atoms with E-state index in [1.54, 1.807) is 25.5 Å². The first-order chi connectivity index (χ1) is 25.1. The molecular weight excluding hydrogens is 645 g/mol. The molecule has 4 heterocycles. The Morgan fingerprint density at radius 1 is 1.04 bits per heavy atom. The highest BCUT2D eigenvalue weighted by Gasteiger charge is 2.22. The highest BCUT2D eigenvalue weighted by atomic mass is 16.5. The minimum Gasteiger partial charge on any atom is -0.455 e. The lowest BCUT2D eigenvalue weighted by molar-refractivity contribution is -0.112. The van der Waals surface area contributed by atoms with Gasteiger partial charge in [-0.2, -0.15) is 0 Å². The molecule has 4 aromatic rings. The van der Waals surface area contributed by atoms with Gasteiger partial charge in [0.15, 0.2) is 11.6 Å². The molecule has 3 aromatic heterocycles. The summed E-state index contributed by atoms with van der Waals surface area (Å²) in [4.78, 5) is 31.4. The predicted octanol–water partition coefficient (Wildman–Crippen LogP) is 12.0. The maximum absolute atomic E-state index is 10.1. The third-order valence-corrected chi connectivity index (χ3v) is 8.67. The number of aromatic nitrogens is 4. The number of carbonyl (C=O) groups is 1. The summed E-state index contributed by atoms with van der Waals surface area (Å²) >= 11 is 0. The van der Waals surface area contributed by atoms with Gasteiger partial charge in [0.2, 0.25) is 0 Å². The van der Waals surface area contributed by atoms with Gasteiger partial charge in [-0.3, -0.25) is 9.78 Å². The van der Waals surface area contributed by atoms with E-state index in [2.05, 4.69) is 78.8 Å². The topological polar surface area (TPSA) is 93.1 Å². The number of hydrogen-bond donors (Lipinski definition) is 1. The van der Waals surface area contributed by atoms with Gasteiger partial charge in [-0.1, -0.05) is 87.7 Å². The molecule has 1 aromatic carbocycles. The standard InChI is InChI=1S/C31H38N6O.C6H10O.C5H12.C2H6/c1-5-7-8-15-37-19-21(3)9-10-23-17-27-29(36-31(23)37)30(34-20-33-27)35-25-12-14-28(22(4)16-25)38-26-13-11-24(6-2)32-18-26;1-3-4-5-6(2)7;1-4-5(2)3;1-2/h11-14,16-18,20-21H,5-10,15,19H2,1-4H3,(H,33,34,35);4-5H,3H2,1-2H3;5H,4H2,1-3H3;1-2H3/b;5-4+;;. The molecule has 1 unspecified atom stereocenters. The predicted molar refractivity (Wildman–Crippen MR) is 221 cm³/mol. The molecule has 0 fully saturated rings. The molecule has 0 saturated heterocycles. The molecule has 0 radical (unpaired) electrons. The number of allylic oxidation sites excluding steroid dienone is 2. The average molecular weight is 711 g/mol. The van der Waals surface area contributed by atoms with E-state index in [1.807, 2.05) is 58.0 Å². The first-order valence-corrected chi connectivity index (χ1v) is 19.6. The van der Waals surface area contributed by atoms with Crippen LogP contribution in [0.25, 0.3) is 11.0 Å². The van der Waals surface area contributed by atoms with Gasteiger partial charge in [-0.05, 0) is 111 Å². The van der Waals surface area contributed by atoms with Crippen molar-refractivity contribution < 1.29 is 9.53 Å². The van der Waals surface area contributed by atoms with Crippen LogP contribution in [0.2, 0.25) is 0 Å². The molecule has 0 aliphatic carbocycles. The van der Waals surface area contributed by atoms with Crippen LogP contribution in [0.1, 0.15) is 125 Å². The Bertz CT molecular complexity index is 1650. The number of benzene rings is 1. The fraction of sp³-hybridized carbons (Fsp3) is 0.523. The fourth-order valence-corrected chi connectivity index (χ4v) is 5.34. The van der Waals surface area contributed by atoms with Crippen molar-refractivity contribution in [1.29, 1.82) is 0 Å². The third kappa shape index (κ3) is 14.7. The minimum atomic E-state index is 0.127. The van der Waals surface area contributed by atoms with Crippen molar-refractivity contribution in [3.63, 3.8) is 0 Å². The van der Waals surface area contributed by atoms with E-state index in [4.69, 9.17) is 9.72 Å². The second-order valence-electron chi connectivity index (χ2n) is 13.6. The number of ether oxygens (including phenoxy) is 1. The lowest BCUT2D eigenvalue weighted by Gasteiger charge is -2.26. The molecule has 8 nitrogen and oxygen atoms in total. The SMILES string of the molecule is CC.CC/C=C/C(C)=O.CCC(C)C.CCCCCN1CC(C)CCc2cc3ncnc(Nc4ccc(Oc5ccc(CC)nc5)c(C)c4)c3nc21. The molecule has 52 heavy (non-hydrogen) atoms. The van der Waals surface area contributed by atoms with Crippen LogP contribution in [0, 0.1) is 18.8 Å². The summed E-state index contributed by atoms with van der Waals surface area (Å²) in [6.07, 6.45) is 15.8. The number of hydrogen-bond acceptors (Lipinski definition) is 8. The van der Waals surface area contributed by atoms with Crippen molar-refractivity contribution in [2.24, 2.45) is 11.8 Å². The third-order valence-electron chi connectivity index (χ3n) is 8.67. The molecule has 0 spiro atoms. The number of aryl methyl sites for hydroxylation is 3. The summed E-state index contributed by atoms with van der Waals surface area (Å²) in [6, 6.07) is 12.2. The van der Waals surface area contributed by atoms with Gasteiger partial charge in [-0.15, -0.1) is 0 Å². The van der Waals surface area contributed by atoms with Gasteiger partial charge < -0.3 is 15.0 Å². The Morgan fingerprint density at radius 3 is 2.37 bits per heavy atom. The van der Waals surface area contributed by atoms with Crippen molar-refractivity contribution in [3.8, 4) is 11.5 Å². The summed E-state index contributed by atoms with van der Waals surface area (Å²) in [7, 11) is 0. The number of carbonyl (C=O) groups excluding carboxylic acids is 1. The number of nitrogens with zero attached hydrogens (tertiary/aromatic N) is 5. The number of rotatable bonds is 12. The number of unbranched alkanes of at least 4 members (excludes halogenated alkanes) is 2. The Hall–Kier alpha value is -4.33. The number of fused-ring (bicyclic) bond motifs is 2. The summed E-state index contributed by atoms with van der Waals surface area (Å²) in [5.74, 6) is 5.00. The number of ketones is 1. The van der Waals surface area contributed by atoms with Crippen LogP contribution in [0.5, 0.6) is 11.5 Å². The molecule has 8 heteroatoms. The number of pyridine rings is 2. The second kappa shape index (κ2) is 24.0. The summed E-state index contributed by atoms with van der Waals surface area (Å²) < 4.78 is 6.09. The number of anilines is 3. The van der Waals surface area contributed by atoms with Gasteiger partial charge in [-0.25, -0.2) is 15.0 Å². The lowest BCUT2D eigenvalue weighted by atomic mass is 10.0. The molecule has 0 amide bonds. The van der Waals surface area contributed by atoms with Crippen molar-refractivity contribution in [2.75, 3.05) is 23.3 Å². The van der Waals surface area contributed by atoms with E-state index >= 15 is 0 Å². The zero-order chi connectivity index (χ0) is 38.5. The smallest absolute Gasteiger partial charge is 0.160 e. The van der Waals surface area contributed by atoms with E-state index in [9.17, 15) is 4.79 Å². The maximum atomic E-state index is 10.1. The highest BCUT2D eigenvalue weighted by Crippen LogP contribution is 2.33. The monoisotopic (exact) mass is 711 g/mol. The van der Waals surface area contributed by atoms with E-state index in [1.165, 1.54) is 37.7 Å². The van der Waals surface area contributed by atoms with Crippen molar-refractivity contribution in [3.05, 3.63) is 77.9 Å². The van der Waals surface area contributed by atoms with Crippen molar-refractivity contribution in [1.82, 2.24) is 19.9 Å². The molecule has 0 saturated carbocycles. The Morgan fingerprint density at radius 2 is 1.79 bits per heavy atom. The minimum absolute atomic E-state index is 0.127. The van der Waals surface area contributed by atoms with E-state index in [0.717, 1.165) is 89.4 Å². The maximum Gasteiger partial charge on any atom is 0.160 e. The van der Waals surface area contributed by atoms with Gasteiger partial charge in [0.25, 0.3) is 0 Å². The molecule has 1 N–H and O–H groups in total. The highest BCUT2D eigenvalue weighted by molar-refractivity contribution is 5.89. The summed E-state index contributed by atoms with van der Waals surface area (Å²) in [5, 5.41) is 3.49. The van der Waals surface area contributed by atoms with Crippen LogP contribution in [0.15, 0.2) is 61.1 Å². The van der Waals surface area contributed by atoms with Gasteiger partial charge in [0.05, 0.1) is 11.7 Å². The fourth-order valence-electron chi connectivity index (χ4n) is 5.34. The normalized spacial score (nSPS) is 13.5. The zero-order valence-electron chi connectivity index (χ0n) is 34.1. The van der Waals surface area contributed by atoms with Gasteiger partial charge >= 0.3 is 0 Å². The zero-order valence-corrected chi connectivity index (χ0v) is 34.1. The van der Waals surface area contributed by atoms with Crippen molar-refractivity contribution in [2.45, 2.75) is 128 Å². The number of nitrogens with one attached hydrogen (secondary N) is 1. The van der Waals surface area contributed by atoms with E-state index in [-0.39, 0.29) is 5.78 Å². The molecule has 284 valence electrons. The second-order valence-corrected chi connectivity index (χ2v) is 13.6. The van der Waals surface area contributed by atoms with E-state index in [0.29, 0.717) is 5.92 Å². The molecular formula is C44H66N6O2. The molecule has 1 aliphatic heterocycles. The van der Waals surface area contributed by atoms with Crippen LogP contribution < -0.4 is 15.0 Å². The Balaban J connectivity index is 0.000000572. The first-order valence-electron chi connectivity index (χ1n) is 19.6. The van der Waals surface area contributed by atoms with Gasteiger partial charge in [0.1, 0.15) is 29.2 Å². The Labute approximate surface area is 315 Å².